The number of carbonyl (C=O) groups excluding carboxylic acids is 2. The second-order valence-corrected chi connectivity index (χ2v) is 11.1. The van der Waals surface area contributed by atoms with Crippen LogP contribution in [0.1, 0.15) is 44.2 Å². The monoisotopic (exact) mass is 473 g/mol. The summed E-state index contributed by atoms with van der Waals surface area (Å²) in [4.78, 5) is 28.9. The highest BCUT2D eigenvalue weighted by atomic mass is 35.5. The highest BCUT2D eigenvalue weighted by Gasteiger charge is 2.65. The van der Waals surface area contributed by atoms with Crippen LogP contribution in [-0.4, -0.2) is 42.9 Å². The molecule has 4 atom stereocenters. The molecule has 2 aromatic rings. The minimum atomic E-state index is -0.978. The molecule has 0 aliphatic carbocycles. The first kappa shape index (κ1) is 23.1. The van der Waals surface area contributed by atoms with Crippen molar-refractivity contribution in [2.24, 2.45) is 5.41 Å². The van der Waals surface area contributed by atoms with Crippen LogP contribution < -0.4 is 10.6 Å². The van der Waals surface area contributed by atoms with Gasteiger partial charge in [-0.15, -0.1) is 0 Å². The number of hydrogen-bond donors (Lipinski definition) is 2. The third-order valence-electron chi connectivity index (χ3n) is 6.54. The Bertz CT molecular complexity index is 1080. The Morgan fingerprint density at radius 2 is 1.78 bits per heavy atom. The summed E-state index contributed by atoms with van der Waals surface area (Å²) in [5, 5.41) is 7.78. The van der Waals surface area contributed by atoms with Crippen LogP contribution in [0.4, 0.5) is 5.69 Å². The van der Waals surface area contributed by atoms with Crippen molar-refractivity contribution >= 4 is 40.7 Å². The van der Waals surface area contributed by atoms with Crippen LogP contribution in [0.15, 0.2) is 42.5 Å². The second kappa shape index (κ2) is 8.05. The van der Waals surface area contributed by atoms with E-state index in [2.05, 4.69) is 31.4 Å². The Kier molecular flexibility index (Phi) is 5.81. The number of likely N-dealkylation sites (N-methyl/N-ethyl adjacent to an activating group) is 1. The van der Waals surface area contributed by atoms with Gasteiger partial charge in [-0.25, -0.2) is 0 Å². The summed E-state index contributed by atoms with van der Waals surface area (Å²) < 4.78 is 0. The molecule has 2 aromatic carbocycles. The molecule has 0 saturated carbocycles. The third kappa shape index (κ3) is 3.70. The number of amides is 2. The Morgan fingerprint density at radius 1 is 1.09 bits per heavy atom. The molecule has 0 unspecified atom stereocenters. The van der Waals surface area contributed by atoms with Crippen molar-refractivity contribution in [1.29, 1.82) is 0 Å². The fourth-order valence-electron chi connectivity index (χ4n) is 5.39. The summed E-state index contributed by atoms with van der Waals surface area (Å²) in [6, 6.07) is 12.2. The number of fused-ring (bicyclic) bond motifs is 2. The first-order valence-electron chi connectivity index (χ1n) is 10.8. The van der Waals surface area contributed by atoms with Crippen LogP contribution in [0, 0.1) is 5.41 Å². The average Bonchev–Trinajstić information content (AvgIpc) is 3.15. The molecule has 5 nitrogen and oxygen atoms in total. The van der Waals surface area contributed by atoms with Crippen LogP contribution >= 0.6 is 23.2 Å². The first-order chi connectivity index (χ1) is 14.9. The molecule has 2 amide bonds. The van der Waals surface area contributed by atoms with Gasteiger partial charge < -0.3 is 15.5 Å². The van der Waals surface area contributed by atoms with Crippen LogP contribution in [0.3, 0.4) is 0 Å². The van der Waals surface area contributed by atoms with Gasteiger partial charge in [-0.3, -0.25) is 9.59 Å². The Balaban J connectivity index is 2.01. The molecule has 0 bridgehead atoms. The zero-order valence-corrected chi connectivity index (χ0v) is 20.5. The molecule has 2 heterocycles. The minimum Gasteiger partial charge on any atom is -0.347 e. The maximum absolute atomic E-state index is 13.9. The molecule has 1 spiro atoms. The standard InChI is InChI=1S/C25H29Cl2N3O2/c1-24(2,3)13-19-25(17-10-9-16(27)12-18(17)28-23(25)32)20(14-7-6-8-15(26)11-14)21(29-19)22(31)30(4)5/h6-12,19-21,29H,13H2,1-5H3,(H,28,32)/t19-,20-,21+,25+/m0/s1. The highest BCUT2D eigenvalue weighted by Crippen LogP contribution is 2.56. The Labute approximate surface area is 199 Å². The number of nitrogens with zero attached hydrogens (tertiary/aromatic N) is 1. The van der Waals surface area contributed by atoms with Crippen molar-refractivity contribution in [3.05, 3.63) is 63.6 Å². The number of anilines is 1. The van der Waals surface area contributed by atoms with Crippen molar-refractivity contribution < 1.29 is 9.59 Å². The van der Waals surface area contributed by atoms with Crippen molar-refractivity contribution in [3.8, 4) is 0 Å². The van der Waals surface area contributed by atoms with Gasteiger partial charge in [-0.05, 0) is 47.2 Å². The summed E-state index contributed by atoms with van der Waals surface area (Å²) in [5.74, 6) is -0.623. The first-order valence-corrected chi connectivity index (χ1v) is 11.5. The van der Waals surface area contributed by atoms with Gasteiger partial charge in [-0.2, -0.15) is 0 Å². The highest BCUT2D eigenvalue weighted by molar-refractivity contribution is 6.31. The molecule has 170 valence electrons. The van der Waals surface area contributed by atoms with Crippen molar-refractivity contribution in [2.75, 3.05) is 19.4 Å². The maximum atomic E-state index is 13.9. The normalized spacial score (nSPS) is 26.8. The van der Waals surface area contributed by atoms with E-state index in [9.17, 15) is 9.59 Å². The molecule has 7 heteroatoms. The number of nitrogens with one attached hydrogen (secondary N) is 2. The average molecular weight is 474 g/mol. The SMILES string of the molecule is CN(C)C(=O)[C@@H]1N[C@@H](CC(C)(C)C)[C@@]2(C(=O)Nc3cc(Cl)ccc32)[C@H]1c1cccc(Cl)c1. The molecule has 0 aromatic heterocycles. The van der Waals surface area contributed by atoms with E-state index in [1.807, 2.05) is 30.3 Å². The largest absolute Gasteiger partial charge is 0.347 e. The van der Waals surface area contributed by atoms with E-state index in [0.717, 1.165) is 11.1 Å². The quantitative estimate of drug-likeness (QED) is 0.670. The van der Waals surface area contributed by atoms with Gasteiger partial charge in [0.15, 0.2) is 0 Å². The van der Waals surface area contributed by atoms with Crippen LogP contribution in [-0.2, 0) is 15.0 Å². The second-order valence-electron chi connectivity index (χ2n) is 10.2. The summed E-state index contributed by atoms with van der Waals surface area (Å²) in [7, 11) is 3.48. The number of halogens is 2. The molecule has 4 rings (SSSR count). The summed E-state index contributed by atoms with van der Waals surface area (Å²) in [5.41, 5.74) is 1.38. The lowest BCUT2D eigenvalue weighted by Crippen LogP contribution is -2.49. The van der Waals surface area contributed by atoms with Gasteiger partial charge in [0.25, 0.3) is 0 Å². The predicted molar refractivity (Wildman–Crippen MR) is 129 cm³/mol. The van der Waals surface area contributed by atoms with Gasteiger partial charge in [0.2, 0.25) is 11.8 Å². The fraction of sp³-hybridized carbons (Fsp3) is 0.440. The molecular weight excluding hydrogens is 445 g/mol. The van der Waals surface area contributed by atoms with E-state index >= 15 is 0 Å². The van der Waals surface area contributed by atoms with Crippen molar-refractivity contribution in [2.45, 2.75) is 50.6 Å². The fourth-order valence-corrected chi connectivity index (χ4v) is 5.76. The van der Waals surface area contributed by atoms with Crippen molar-refractivity contribution in [1.82, 2.24) is 10.2 Å². The van der Waals surface area contributed by atoms with Gasteiger partial charge in [-0.1, -0.05) is 62.2 Å². The zero-order chi connectivity index (χ0) is 23.4. The number of benzene rings is 2. The maximum Gasteiger partial charge on any atom is 0.239 e. The van der Waals surface area contributed by atoms with Gasteiger partial charge >= 0.3 is 0 Å². The Hall–Kier alpha value is -2.08. The van der Waals surface area contributed by atoms with Gasteiger partial charge in [0, 0.05) is 41.8 Å². The van der Waals surface area contributed by atoms with Gasteiger partial charge in [0.1, 0.15) is 5.41 Å². The topological polar surface area (TPSA) is 61.4 Å². The molecule has 2 aliphatic heterocycles. The summed E-state index contributed by atoms with van der Waals surface area (Å²) >= 11 is 12.6. The third-order valence-corrected chi connectivity index (χ3v) is 7.01. The van der Waals surface area contributed by atoms with E-state index in [1.165, 1.54) is 0 Å². The molecule has 0 radical (unpaired) electrons. The molecule has 1 fully saturated rings. The molecule has 2 N–H and O–H groups in total. The van der Waals surface area contributed by atoms with Crippen molar-refractivity contribution in [3.63, 3.8) is 0 Å². The molecule has 1 saturated heterocycles. The Morgan fingerprint density at radius 3 is 2.41 bits per heavy atom. The van der Waals surface area contributed by atoms with E-state index in [4.69, 9.17) is 23.2 Å². The predicted octanol–water partition coefficient (Wildman–Crippen LogP) is 4.83. The van der Waals surface area contributed by atoms with E-state index in [1.54, 1.807) is 31.1 Å². The molecular formula is C25H29Cl2N3O2. The molecule has 32 heavy (non-hydrogen) atoms. The van der Waals surface area contributed by atoms with E-state index in [-0.39, 0.29) is 23.3 Å². The zero-order valence-electron chi connectivity index (χ0n) is 19.0. The summed E-state index contributed by atoms with van der Waals surface area (Å²) in [6.45, 7) is 6.44. The van der Waals surface area contributed by atoms with Crippen LogP contribution in [0.2, 0.25) is 10.0 Å². The number of hydrogen-bond acceptors (Lipinski definition) is 3. The summed E-state index contributed by atoms with van der Waals surface area (Å²) in [6.07, 6.45) is 0.705. The lowest BCUT2D eigenvalue weighted by Gasteiger charge is -2.37. The lowest BCUT2D eigenvalue weighted by molar-refractivity contribution is -0.131. The number of carbonyl (C=O) groups is 2. The minimum absolute atomic E-state index is 0.0685. The smallest absolute Gasteiger partial charge is 0.239 e. The number of rotatable bonds is 3. The molecule has 2 aliphatic rings. The van der Waals surface area contributed by atoms with E-state index in [0.29, 0.717) is 22.2 Å². The van der Waals surface area contributed by atoms with Gasteiger partial charge in [0.05, 0.1) is 6.04 Å². The van der Waals surface area contributed by atoms with Crippen LogP contribution in [0.5, 0.6) is 0 Å². The van der Waals surface area contributed by atoms with E-state index < -0.39 is 17.4 Å². The van der Waals surface area contributed by atoms with Crippen LogP contribution in [0.25, 0.3) is 0 Å². The lowest BCUT2D eigenvalue weighted by atomic mass is 9.62.